The van der Waals surface area contributed by atoms with Crippen molar-refractivity contribution in [1.82, 2.24) is 14.8 Å². The van der Waals surface area contributed by atoms with E-state index >= 15 is 0 Å². The lowest BCUT2D eigenvalue weighted by atomic mass is 9.84. The molecule has 2 unspecified atom stereocenters. The zero-order valence-electron chi connectivity index (χ0n) is 12.4. The summed E-state index contributed by atoms with van der Waals surface area (Å²) in [6.07, 6.45) is 2.99. The van der Waals surface area contributed by atoms with Crippen LogP contribution in [0.1, 0.15) is 26.8 Å². The summed E-state index contributed by atoms with van der Waals surface area (Å²) in [7, 11) is 0. The van der Waals surface area contributed by atoms with Crippen LogP contribution in [0.2, 0.25) is 0 Å². The summed E-state index contributed by atoms with van der Waals surface area (Å²) >= 11 is 0. The zero-order valence-corrected chi connectivity index (χ0v) is 12.4. The van der Waals surface area contributed by atoms with E-state index in [1.54, 1.807) is 11.0 Å². The molecule has 1 heterocycles. The molecule has 5 nitrogen and oxygen atoms in total. The Labute approximate surface area is 123 Å². The smallest absolute Gasteiger partial charge is 0.137 e. The van der Waals surface area contributed by atoms with Gasteiger partial charge in [-0.1, -0.05) is 13.8 Å². The Morgan fingerprint density at radius 1 is 1.29 bits per heavy atom. The van der Waals surface area contributed by atoms with Gasteiger partial charge in [-0.2, -0.15) is 5.10 Å². The molecule has 1 N–H and O–H groups in total. The maximum atomic E-state index is 12.9. The number of ether oxygens (including phenoxy) is 1. The van der Waals surface area contributed by atoms with Gasteiger partial charge in [0, 0.05) is 0 Å². The third-order valence-electron chi connectivity index (χ3n) is 3.84. The predicted octanol–water partition coefficient (Wildman–Crippen LogP) is 2.44. The average molecular weight is 293 g/mol. The number of aromatic nitrogens is 3. The van der Waals surface area contributed by atoms with Gasteiger partial charge in [-0.15, -0.1) is 0 Å². The summed E-state index contributed by atoms with van der Waals surface area (Å²) in [4.78, 5) is 3.90. The zero-order chi connectivity index (χ0) is 15.5. The van der Waals surface area contributed by atoms with Crippen LogP contribution in [0.3, 0.4) is 0 Å². The fourth-order valence-electron chi connectivity index (χ4n) is 2.15. The highest BCUT2D eigenvalue weighted by atomic mass is 19.1. The molecule has 0 spiro atoms. The third-order valence-corrected chi connectivity index (χ3v) is 3.84. The quantitative estimate of drug-likeness (QED) is 0.888. The van der Waals surface area contributed by atoms with Crippen molar-refractivity contribution in [2.75, 3.05) is 6.61 Å². The van der Waals surface area contributed by atoms with Crippen molar-refractivity contribution >= 4 is 0 Å². The predicted molar refractivity (Wildman–Crippen MR) is 76.4 cm³/mol. The molecule has 0 amide bonds. The number of rotatable bonds is 6. The minimum absolute atomic E-state index is 0.0582. The van der Waals surface area contributed by atoms with Gasteiger partial charge in [0.1, 0.15) is 36.4 Å². The Balaban J connectivity index is 2.12. The Morgan fingerprint density at radius 2 is 1.95 bits per heavy atom. The van der Waals surface area contributed by atoms with E-state index in [-0.39, 0.29) is 24.4 Å². The lowest BCUT2D eigenvalue weighted by Crippen LogP contribution is -2.48. The van der Waals surface area contributed by atoms with E-state index in [1.807, 2.05) is 20.8 Å². The minimum atomic E-state index is -1.12. The fraction of sp³-hybridized carbons (Fsp3) is 0.467. The summed E-state index contributed by atoms with van der Waals surface area (Å²) in [6, 6.07) is 5.42. The molecule has 6 heteroatoms. The summed E-state index contributed by atoms with van der Waals surface area (Å²) in [5, 5.41) is 15.0. The molecule has 0 aliphatic heterocycles. The van der Waals surface area contributed by atoms with E-state index in [4.69, 9.17) is 4.74 Å². The first-order valence-corrected chi connectivity index (χ1v) is 6.88. The molecule has 2 atom stereocenters. The van der Waals surface area contributed by atoms with Gasteiger partial charge in [0.25, 0.3) is 0 Å². The molecule has 2 aromatic rings. The highest BCUT2D eigenvalue weighted by Crippen LogP contribution is 2.30. The lowest BCUT2D eigenvalue weighted by molar-refractivity contribution is -0.0812. The molecule has 114 valence electrons. The first kappa shape index (κ1) is 15.4. The topological polar surface area (TPSA) is 60.2 Å². The van der Waals surface area contributed by atoms with Gasteiger partial charge in [-0.25, -0.2) is 14.1 Å². The van der Waals surface area contributed by atoms with E-state index in [0.29, 0.717) is 5.75 Å². The SMILES string of the molecule is CC(C)C(O)(COc1ccc(F)cc1)C(C)n1cncn1. The molecular formula is C15H20FN3O2. The molecule has 1 aromatic carbocycles. The highest BCUT2D eigenvalue weighted by Gasteiger charge is 2.39. The van der Waals surface area contributed by atoms with Crippen molar-refractivity contribution in [3.8, 4) is 5.75 Å². The second-order valence-electron chi connectivity index (χ2n) is 5.44. The maximum Gasteiger partial charge on any atom is 0.137 e. The molecule has 0 aliphatic rings. The van der Waals surface area contributed by atoms with Crippen LogP contribution >= 0.6 is 0 Å². The molecule has 1 aromatic heterocycles. The number of benzene rings is 1. The monoisotopic (exact) mass is 293 g/mol. The van der Waals surface area contributed by atoms with Crippen molar-refractivity contribution < 1.29 is 14.2 Å². The van der Waals surface area contributed by atoms with Crippen LogP contribution in [-0.4, -0.2) is 32.1 Å². The Kier molecular flexibility index (Phi) is 4.57. The Morgan fingerprint density at radius 3 is 2.48 bits per heavy atom. The average Bonchev–Trinajstić information content (AvgIpc) is 2.99. The summed E-state index contributed by atoms with van der Waals surface area (Å²) in [5.41, 5.74) is -1.12. The number of aliphatic hydroxyl groups is 1. The van der Waals surface area contributed by atoms with Crippen LogP contribution < -0.4 is 4.74 Å². The molecule has 2 rings (SSSR count). The molecular weight excluding hydrogens is 273 g/mol. The van der Waals surface area contributed by atoms with Gasteiger partial charge in [0.15, 0.2) is 0 Å². The van der Waals surface area contributed by atoms with E-state index in [0.717, 1.165) is 0 Å². The number of hydrogen-bond acceptors (Lipinski definition) is 4. The normalized spacial score (nSPS) is 15.7. The standard InChI is InChI=1S/C15H20FN3O2/c1-11(2)15(20,12(3)19-10-17-9-18-19)8-21-14-6-4-13(16)5-7-14/h4-7,9-12,20H,8H2,1-3H3. The van der Waals surface area contributed by atoms with E-state index in [2.05, 4.69) is 10.1 Å². The van der Waals surface area contributed by atoms with Gasteiger partial charge in [-0.3, -0.25) is 0 Å². The molecule has 21 heavy (non-hydrogen) atoms. The first-order valence-electron chi connectivity index (χ1n) is 6.88. The number of hydrogen-bond donors (Lipinski definition) is 1. The van der Waals surface area contributed by atoms with Gasteiger partial charge in [0.2, 0.25) is 0 Å². The summed E-state index contributed by atoms with van der Waals surface area (Å²) in [6.45, 7) is 5.78. The van der Waals surface area contributed by atoms with Crippen molar-refractivity contribution in [3.63, 3.8) is 0 Å². The van der Waals surface area contributed by atoms with Gasteiger partial charge < -0.3 is 9.84 Å². The van der Waals surface area contributed by atoms with Crippen molar-refractivity contribution in [2.45, 2.75) is 32.4 Å². The van der Waals surface area contributed by atoms with Gasteiger partial charge in [-0.05, 0) is 37.1 Å². The molecule has 0 saturated carbocycles. The number of halogens is 1. The summed E-state index contributed by atoms with van der Waals surface area (Å²) < 4.78 is 20.1. The molecule has 0 saturated heterocycles. The van der Waals surface area contributed by atoms with Gasteiger partial charge >= 0.3 is 0 Å². The highest BCUT2D eigenvalue weighted by molar-refractivity contribution is 5.22. The van der Waals surface area contributed by atoms with Crippen LogP contribution in [0.15, 0.2) is 36.9 Å². The van der Waals surface area contributed by atoms with Crippen LogP contribution in [0.25, 0.3) is 0 Å². The maximum absolute atomic E-state index is 12.9. The van der Waals surface area contributed by atoms with Crippen molar-refractivity contribution in [2.24, 2.45) is 5.92 Å². The van der Waals surface area contributed by atoms with Crippen LogP contribution in [-0.2, 0) is 0 Å². The van der Waals surface area contributed by atoms with Crippen LogP contribution in [0, 0.1) is 11.7 Å². The lowest BCUT2D eigenvalue weighted by Gasteiger charge is -2.37. The largest absolute Gasteiger partial charge is 0.490 e. The van der Waals surface area contributed by atoms with E-state index in [9.17, 15) is 9.50 Å². The molecule has 0 bridgehead atoms. The van der Waals surface area contributed by atoms with Gasteiger partial charge in [0.05, 0.1) is 6.04 Å². The molecule has 0 fully saturated rings. The minimum Gasteiger partial charge on any atom is -0.490 e. The fourth-order valence-corrected chi connectivity index (χ4v) is 2.15. The van der Waals surface area contributed by atoms with Crippen molar-refractivity contribution in [3.05, 3.63) is 42.7 Å². The van der Waals surface area contributed by atoms with Crippen LogP contribution in [0.5, 0.6) is 5.75 Å². The van der Waals surface area contributed by atoms with Crippen LogP contribution in [0.4, 0.5) is 4.39 Å². The first-order chi connectivity index (χ1) is 9.93. The van der Waals surface area contributed by atoms with Crippen molar-refractivity contribution in [1.29, 1.82) is 0 Å². The second kappa shape index (κ2) is 6.22. The summed E-state index contributed by atoms with van der Waals surface area (Å²) in [5.74, 6) is 0.135. The van der Waals surface area contributed by atoms with E-state index in [1.165, 1.54) is 30.6 Å². The Bertz CT molecular complexity index is 557. The molecule has 0 radical (unpaired) electrons. The molecule has 0 aliphatic carbocycles. The second-order valence-corrected chi connectivity index (χ2v) is 5.44. The van der Waals surface area contributed by atoms with E-state index < -0.39 is 5.60 Å². The number of nitrogens with zero attached hydrogens (tertiary/aromatic N) is 3. The Hall–Kier alpha value is -1.95. The third kappa shape index (κ3) is 3.39.